The van der Waals surface area contributed by atoms with E-state index in [1.54, 1.807) is 0 Å². The average molecular weight is 340 g/mol. The zero-order valence-corrected chi connectivity index (χ0v) is 14.6. The summed E-state index contributed by atoms with van der Waals surface area (Å²) in [5.74, 6) is 0. The summed E-state index contributed by atoms with van der Waals surface area (Å²) < 4.78 is 1.19. The molecule has 0 aliphatic carbocycles. The van der Waals surface area contributed by atoms with Crippen molar-refractivity contribution in [1.82, 2.24) is 10.2 Å². The third kappa shape index (κ3) is 3.54. The molecule has 0 radical (unpaired) electrons. The second-order valence-electron chi connectivity index (χ2n) is 5.86. The lowest BCUT2D eigenvalue weighted by Crippen LogP contribution is -2.42. The molecule has 1 aliphatic rings. The van der Waals surface area contributed by atoms with E-state index in [0.717, 1.165) is 0 Å². The van der Waals surface area contributed by atoms with Gasteiger partial charge in [0.05, 0.1) is 0 Å². The van der Waals surface area contributed by atoms with Crippen molar-refractivity contribution in [2.45, 2.75) is 31.8 Å². The number of hydrogen-bond acceptors (Lipinski definition) is 3. The topological polar surface area (TPSA) is 18.5 Å². The van der Waals surface area contributed by atoms with E-state index < -0.39 is 0 Å². The van der Waals surface area contributed by atoms with Gasteiger partial charge in [0.2, 0.25) is 0 Å². The first-order chi connectivity index (χ1) is 9.52. The summed E-state index contributed by atoms with van der Waals surface area (Å²) >= 11 is 3.72. The molecule has 2 rings (SSSR count). The van der Waals surface area contributed by atoms with Gasteiger partial charge in [0, 0.05) is 29.3 Å². The van der Waals surface area contributed by atoms with Crippen LogP contribution in [0.25, 0.3) is 0 Å². The molecule has 4 heteroatoms. The molecular weight excluding hydrogens is 314 g/mol. The number of rotatable bonds is 4. The van der Waals surface area contributed by atoms with E-state index in [0.29, 0.717) is 12.1 Å². The summed E-state index contributed by atoms with van der Waals surface area (Å²) in [5.41, 5.74) is 2.62. The quantitative estimate of drug-likeness (QED) is 0.908. The zero-order chi connectivity index (χ0) is 14.7. The van der Waals surface area contributed by atoms with Crippen LogP contribution in [-0.2, 0) is 0 Å². The van der Waals surface area contributed by atoms with Gasteiger partial charge >= 0.3 is 0 Å². The van der Waals surface area contributed by atoms with E-state index in [1.165, 1.54) is 41.7 Å². The molecule has 0 amide bonds. The van der Waals surface area contributed by atoms with Crippen molar-refractivity contribution in [3.63, 3.8) is 0 Å². The maximum absolute atomic E-state index is 3.72. The highest BCUT2D eigenvalue weighted by Gasteiger charge is 2.21. The highest BCUT2D eigenvalue weighted by atomic mass is 79.9. The lowest BCUT2D eigenvalue weighted by Gasteiger charge is -2.36. The molecule has 1 atom stereocenters. The molecular formula is C16H26BrN3. The van der Waals surface area contributed by atoms with Gasteiger partial charge in [-0.25, -0.2) is 0 Å². The molecule has 1 heterocycles. The third-order valence-corrected chi connectivity index (χ3v) is 5.21. The molecule has 3 nitrogen and oxygen atoms in total. The second-order valence-corrected chi connectivity index (χ2v) is 6.72. The maximum atomic E-state index is 3.72. The summed E-state index contributed by atoms with van der Waals surface area (Å²) in [4.78, 5) is 4.85. The van der Waals surface area contributed by atoms with Crippen molar-refractivity contribution in [1.29, 1.82) is 0 Å². The van der Waals surface area contributed by atoms with Gasteiger partial charge < -0.3 is 15.1 Å². The molecule has 1 unspecified atom stereocenters. The van der Waals surface area contributed by atoms with Crippen molar-refractivity contribution in [2.24, 2.45) is 0 Å². The lowest BCUT2D eigenvalue weighted by atomic mass is 10.0. The number of nitrogens with zero attached hydrogens (tertiary/aromatic N) is 2. The average Bonchev–Trinajstić information content (AvgIpc) is 2.46. The van der Waals surface area contributed by atoms with Crippen LogP contribution in [-0.4, -0.2) is 45.2 Å². The van der Waals surface area contributed by atoms with E-state index in [-0.39, 0.29) is 0 Å². The van der Waals surface area contributed by atoms with E-state index in [2.05, 4.69) is 70.3 Å². The molecule has 0 aromatic heterocycles. The fourth-order valence-corrected chi connectivity index (χ4v) is 3.55. The number of likely N-dealkylation sites (tertiary alicyclic amines) is 1. The Labute approximate surface area is 131 Å². The molecule has 1 saturated heterocycles. The molecule has 0 saturated carbocycles. The van der Waals surface area contributed by atoms with Crippen LogP contribution < -0.4 is 10.2 Å². The van der Waals surface area contributed by atoms with Crippen molar-refractivity contribution in [3.8, 4) is 0 Å². The standard InChI is InChI=1S/C16H26BrN3/c1-12(18-2)15-6-5-14(11-16(15)17)20(4)13-7-9-19(3)10-8-13/h5-6,11-13,18H,7-10H2,1-4H3. The van der Waals surface area contributed by atoms with Crippen LogP contribution in [0.4, 0.5) is 5.69 Å². The van der Waals surface area contributed by atoms with Gasteiger partial charge in [0.25, 0.3) is 0 Å². The van der Waals surface area contributed by atoms with Crippen LogP contribution in [0.5, 0.6) is 0 Å². The van der Waals surface area contributed by atoms with Crippen LogP contribution in [0.2, 0.25) is 0 Å². The molecule has 0 spiro atoms. The van der Waals surface area contributed by atoms with Crippen molar-refractivity contribution >= 4 is 21.6 Å². The van der Waals surface area contributed by atoms with E-state index in [1.807, 2.05) is 7.05 Å². The fourth-order valence-electron chi connectivity index (χ4n) is 2.84. The Bertz CT molecular complexity index is 441. The predicted octanol–water partition coefficient (Wildman–Crippen LogP) is 3.26. The first-order valence-electron chi connectivity index (χ1n) is 7.41. The van der Waals surface area contributed by atoms with Gasteiger partial charge in [-0.3, -0.25) is 0 Å². The summed E-state index contributed by atoms with van der Waals surface area (Å²) in [7, 11) is 6.43. The Morgan fingerprint density at radius 3 is 2.55 bits per heavy atom. The zero-order valence-electron chi connectivity index (χ0n) is 13.0. The van der Waals surface area contributed by atoms with Crippen molar-refractivity contribution < 1.29 is 0 Å². The second kappa shape index (κ2) is 6.92. The molecule has 1 aromatic rings. The SMILES string of the molecule is CNC(C)c1ccc(N(C)C2CCN(C)CC2)cc1Br. The highest BCUT2D eigenvalue weighted by molar-refractivity contribution is 9.10. The van der Waals surface area contributed by atoms with Gasteiger partial charge in [-0.1, -0.05) is 22.0 Å². The first kappa shape index (κ1) is 15.8. The summed E-state index contributed by atoms with van der Waals surface area (Å²) in [6.07, 6.45) is 2.50. The number of anilines is 1. The summed E-state index contributed by atoms with van der Waals surface area (Å²) in [5, 5.41) is 3.29. The van der Waals surface area contributed by atoms with Crippen molar-refractivity contribution in [3.05, 3.63) is 28.2 Å². The molecule has 0 bridgehead atoms. The Hall–Kier alpha value is -0.580. The van der Waals surface area contributed by atoms with Gasteiger partial charge in [-0.15, -0.1) is 0 Å². The van der Waals surface area contributed by atoms with Crippen LogP contribution in [0, 0.1) is 0 Å². The summed E-state index contributed by atoms with van der Waals surface area (Å²) in [6.45, 7) is 4.58. The third-order valence-electron chi connectivity index (χ3n) is 4.53. The molecule has 20 heavy (non-hydrogen) atoms. The molecule has 1 fully saturated rings. The number of halogens is 1. The van der Waals surface area contributed by atoms with Crippen LogP contribution in [0.1, 0.15) is 31.4 Å². The Morgan fingerprint density at radius 2 is 2.00 bits per heavy atom. The number of nitrogens with one attached hydrogen (secondary N) is 1. The van der Waals surface area contributed by atoms with E-state index >= 15 is 0 Å². The van der Waals surface area contributed by atoms with Gasteiger partial charge in [-0.2, -0.15) is 0 Å². The largest absolute Gasteiger partial charge is 0.371 e. The normalized spacial score (nSPS) is 19.1. The van der Waals surface area contributed by atoms with Gasteiger partial charge in [0.1, 0.15) is 0 Å². The minimum atomic E-state index is 0.368. The van der Waals surface area contributed by atoms with Crippen LogP contribution >= 0.6 is 15.9 Å². The molecule has 112 valence electrons. The minimum Gasteiger partial charge on any atom is -0.371 e. The van der Waals surface area contributed by atoms with E-state index in [4.69, 9.17) is 0 Å². The van der Waals surface area contributed by atoms with Crippen molar-refractivity contribution in [2.75, 3.05) is 39.1 Å². The smallest absolute Gasteiger partial charge is 0.0377 e. The van der Waals surface area contributed by atoms with Gasteiger partial charge in [-0.05, 0) is 64.6 Å². The Balaban J connectivity index is 2.10. The fraction of sp³-hybridized carbons (Fsp3) is 0.625. The molecule has 1 aromatic carbocycles. The predicted molar refractivity (Wildman–Crippen MR) is 90.5 cm³/mol. The minimum absolute atomic E-state index is 0.368. The van der Waals surface area contributed by atoms with Crippen LogP contribution in [0.15, 0.2) is 22.7 Å². The number of piperidine rings is 1. The van der Waals surface area contributed by atoms with E-state index in [9.17, 15) is 0 Å². The molecule has 1 N–H and O–H groups in total. The number of hydrogen-bond donors (Lipinski definition) is 1. The highest BCUT2D eigenvalue weighted by Crippen LogP contribution is 2.30. The summed E-state index contributed by atoms with van der Waals surface area (Å²) in [6, 6.07) is 7.75. The molecule has 1 aliphatic heterocycles. The van der Waals surface area contributed by atoms with Gasteiger partial charge in [0.15, 0.2) is 0 Å². The monoisotopic (exact) mass is 339 g/mol. The Kier molecular flexibility index (Phi) is 5.47. The first-order valence-corrected chi connectivity index (χ1v) is 8.20. The lowest BCUT2D eigenvalue weighted by molar-refractivity contribution is 0.253. The number of benzene rings is 1. The maximum Gasteiger partial charge on any atom is 0.0377 e. The Morgan fingerprint density at radius 1 is 1.35 bits per heavy atom. The van der Waals surface area contributed by atoms with Crippen LogP contribution in [0.3, 0.4) is 0 Å².